The molecule has 1 amide bonds. The normalized spacial score (nSPS) is 16.7. The van der Waals surface area contributed by atoms with E-state index < -0.39 is 5.97 Å². The van der Waals surface area contributed by atoms with Gasteiger partial charge in [0.2, 0.25) is 5.91 Å². The Hall–Kier alpha value is -1.91. The molecule has 17 heavy (non-hydrogen) atoms. The fourth-order valence-electron chi connectivity index (χ4n) is 1.96. The second-order valence-corrected chi connectivity index (χ2v) is 4.06. The van der Waals surface area contributed by atoms with Crippen LogP contribution in [0.3, 0.4) is 0 Å². The number of carboxylic acid groups (broad SMARTS) is 1. The standard InChI is InChI=1S/C12H14N2O3/c15-11-4-2-1-3-7-14(11)9-5-6-13-10(8-9)12(16)17/h5-6,8H,1-4,7H2,(H,16,17). The molecule has 0 spiro atoms. The molecule has 0 saturated carbocycles. The number of rotatable bonds is 2. The molecule has 0 atom stereocenters. The lowest BCUT2D eigenvalue weighted by atomic mass is 10.2. The number of carbonyl (C=O) groups is 2. The maximum absolute atomic E-state index is 11.9. The van der Waals surface area contributed by atoms with Crippen molar-refractivity contribution in [2.45, 2.75) is 25.7 Å². The first-order valence-electron chi connectivity index (χ1n) is 5.68. The highest BCUT2D eigenvalue weighted by molar-refractivity contribution is 5.95. The summed E-state index contributed by atoms with van der Waals surface area (Å²) in [6, 6.07) is 3.13. The number of hydrogen-bond acceptors (Lipinski definition) is 3. The van der Waals surface area contributed by atoms with E-state index in [1.807, 2.05) is 0 Å². The average molecular weight is 234 g/mol. The van der Waals surface area contributed by atoms with Crippen LogP contribution in [-0.2, 0) is 4.79 Å². The Balaban J connectivity index is 2.28. The minimum absolute atomic E-state index is 0.0282. The Bertz CT molecular complexity index is 445. The Morgan fingerprint density at radius 2 is 2.18 bits per heavy atom. The van der Waals surface area contributed by atoms with Crippen molar-refractivity contribution in [1.29, 1.82) is 0 Å². The second-order valence-electron chi connectivity index (χ2n) is 4.06. The number of carbonyl (C=O) groups excluding carboxylic acids is 1. The highest BCUT2D eigenvalue weighted by Gasteiger charge is 2.19. The van der Waals surface area contributed by atoms with Crippen LogP contribution in [0.4, 0.5) is 5.69 Å². The van der Waals surface area contributed by atoms with E-state index in [1.165, 1.54) is 12.3 Å². The van der Waals surface area contributed by atoms with Crippen LogP contribution in [0.2, 0.25) is 0 Å². The zero-order valence-electron chi connectivity index (χ0n) is 9.43. The van der Waals surface area contributed by atoms with Crippen molar-refractivity contribution in [1.82, 2.24) is 4.98 Å². The molecule has 1 saturated heterocycles. The molecule has 5 nitrogen and oxygen atoms in total. The minimum atomic E-state index is -1.07. The van der Waals surface area contributed by atoms with Gasteiger partial charge in [0.05, 0.1) is 0 Å². The van der Waals surface area contributed by atoms with Gasteiger partial charge in [-0.1, -0.05) is 6.42 Å². The van der Waals surface area contributed by atoms with Gasteiger partial charge in [0.1, 0.15) is 5.69 Å². The number of anilines is 1. The minimum Gasteiger partial charge on any atom is -0.477 e. The quantitative estimate of drug-likeness (QED) is 0.845. The third-order valence-electron chi connectivity index (χ3n) is 2.85. The Labute approximate surface area is 99.1 Å². The first kappa shape index (κ1) is 11.6. The molecular weight excluding hydrogens is 220 g/mol. The lowest BCUT2D eigenvalue weighted by Crippen LogP contribution is -2.30. The molecule has 1 N–H and O–H groups in total. The highest BCUT2D eigenvalue weighted by atomic mass is 16.4. The summed E-state index contributed by atoms with van der Waals surface area (Å²) in [6.07, 6.45) is 4.86. The second kappa shape index (κ2) is 4.95. The fourth-order valence-corrected chi connectivity index (χ4v) is 1.96. The van der Waals surface area contributed by atoms with Gasteiger partial charge in [-0.3, -0.25) is 4.79 Å². The fraction of sp³-hybridized carbons (Fsp3) is 0.417. The third kappa shape index (κ3) is 2.61. The topological polar surface area (TPSA) is 70.5 Å². The number of amides is 1. The summed E-state index contributed by atoms with van der Waals surface area (Å²) in [5.74, 6) is -1.01. The van der Waals surface area contributed by atoms with E-state index in [4.69, 9.17) is 5.11 Å². The molecule has 0 aliphatic carbocycles. The molecule has 0 aromatic carbocycles. The van der Waals surface area contributed by atoms with Gasteiger partial charge in [-0.25, -0.2) is 9.78 Å². The summed E-state index contributed by atoms with van der Waals surface area (Å²) in [4.78, 5) is 28.1. The molecule has 0 radical (unpaired) electrons. The van der Waals surface area contributed by atoms with E-state index >= 15 is 0 Å². The van der Waals surface area contributed by atoms with Gasteiger partial charge in [-0.2, -0.15) is 0 Å². The first-order valence-corrected chi connectivity index (χ1v) is 5.68. The Morgan fingerprint density at radius 3 is 2.94 bits per heavy atom. The molecule has 2 heterocycles. The molecular formula is C12H14N2O3. The molecule has 1 aromatic heterocycles. The van der Waals surface area contributed by atoms with Gasteiger partial charge in [-0.05, 0) is 25.0 Å². The predicted molar refractivity (Wildman–Crippen MR) is 62.0 cm³/mol. The van der Waals surface area contributed by atoms with E-state index in [0.29, 0.717) is 18.7 Å². The molecule has 0 unspecified atom stereocenters. The third-order valence-corrected chi connectivity index (χ3v) is 2.85. The van der Waals surface area contributed by atoms with Crippen molar-refractivity contribution >= 4 is 17.6 Å². The van der Waals surface area contributed by atoms with E-state index in [-0.39, 0.29) is 11.6 Å². The molecule has 90 valence electrons. The van der Waals surface area contributed by atoms with E-state index in [2.05, 4.69) is 4.98 Å². The van der Waals surface area contributed by atoms with E-state index in [1.54, 1.807) is 11.0 Å². The summed E-state index contributed by atoms with van der Waals surface area (Å²) in [5, 5.41) is 8.86. The molecule has 1 aromatic rings. The number of aromatic nitrogens is 1. The molecule has 5 heteroatoms. The number of nitrogens with zero attached hydrogens (tertiary/aromatic N) is 2. The number of aromatic carboxylic acids is 1. The van der Waals surface area contributed by atoms with Crippen molar-refractivity contribution in [3.8, 4) is 0 Å². The van der Waals surface area contributed by atoms with Crippen LogP contribution in [0.25, 0.3) is 0 Å². The summed E-state index contributed by atoms with van der Waals surface area (Å²) in [7, 11) is 0. The van der Waals surface area contributed by atoms with Crippen molar-refractivity contribution in [3.05, 3.63) is 24.0 Å². The lowest BCUT2D eigenvalue weighted by molar-refractivity contribution is -0.118. The predicted octanol–water partition coefficient (Wildman–Crippen LogP) is 1.69. The molecule has 1 aliphatic rings. The van der Waals surface area contributed by atoms with Crippen LogP contribution in [0.15, 0.2) is 18.3 Å². The van der Waals surface area contributed by atoms with Gasteiger partial charge in [0.25, 0.3) is 0 Å². The van der Waals surface area contributed by atoms with Crippen molar-refractivity contribution in [2.24, 2.45) is 0 Å². The van der Waals surface area contributed by atoms with E-state index in [9.17, 15) is 9.59 Å². The van der Waals surface area contributed by atoms with Gasteiger partial charge in [-0.15, -0.1) is 0 Å². The maximum Gasteiger partial charge on any atom is 0.354 e. The molecule has 1 aliphatic heterocycles. The zero-order valence-corrected chi connectivity index (χ0v) is 9.43. The van der Waals surface area contributed by atoms with E-state index in [0.717, 1.165) is 19.3 Å². The average Bonchev–Trinajstić information content (AvgIpc) is 2.54. The summed E-state index contributed by atoms with van der Waals surface area (Å²) >= 11 is 0. The van der Waals surface area contributed by atoms with Crippen molar-refractivity contribution in [3.63, 3.8) is 0 Å². The largest absolute Gasteiger partial charge is 0.477 e. The van der Waals surface area contributed by atoms with Gasteiger partial charge < -0.3 is 10.0 Å². The Kier molecular flexibility index (Phi) is 3.37. The molecule has 0 bridgehead atoms. The van der Waals surface area contributed by atoms with Crippen molar-refractivity contribution < 1.29 is 14.7 Å². The van der Waals surface area contributed by atoms with Gasteiger partial charge in [0.15, 0.2) is 0 Å². The number of hydrogen-bond donors (Lipinski definition) is 1. The Morgan fingerprint density at radius 1 is 1.35 bits per heavy atom. The summed E-state index contributed by atoms with van der Waals surface area (Å²) in [5.41, 5.74) is 0.601. The van der Waals surface area contributed by atoms with Crippen LogP contribution < -0.4 is 4.90 Å². The van der Waals surface area contributed by atoms with Crippen molar-refractivity contribution in [2.75, 3.05) is 11.4 Å². The van der Waals surface area contributed by atoms with Gasteiger partial charge in [0, 0.05) is 24.8 Å². The van der Waals surface area contributed by atoms with Crippen LogP contribution in [0.5, 0.6) is 0 Å². The van der Waals surface area contributed by atoms with Crippen LogP contribution >= 0.6 is 0 Å². The number of carboxylic acids is 1. The summed E-state index contributed by atoms with van der Waals surface area (Å²) in [6.45, 7) is 0.655. The summed E-state index contributed by atoms with van der Waals surface area (Å²) < 4.78 is 0. The first-order chi connectivity index (χ1) is 8.18. The number of pyridine rings is 1. The molecule has 1 fully saturated rings. The van der Waals surface area contributed by atoms with Crippen LogP contribution in [-0.4, -0.2) is 28.5 Å². The maximum atomic E-state index is 11.9. The zero-order chi connectivity index (χ0) is 12.3. The highest BCUT2D eigenvalue weighted by Crippen LogP contribution is 2.20. The SMILES string of the molecule is O=C(O)c1cc(N2CCCCCC2=O)ccn1. The monoisotopic (exact) mass is 234 g/mol. The van der Waals surface area contributed by atoms with Gasteiger partial charge >= 0.3 is 5.97 Å². The lowest BCUT2D eigenvalue weighted by Gasteiger charge is -2.20. The molecule has 2 rings (SSSR count). The van der Waals surface area contributed by atoms with Crippen LogP contribution in [0.1, 0.15) is 36.2 Å². The smallest absolute Gasteiger partial charge is 0.354 e. The van der Waals surface area contributed by atoms with Crippen LogP contribution in [0, 0.1) is 0 Å².